The molecule has 1 aliphatic heterocycles. The highest BCUT2D eigenvalue weighted by molar-refractivity contribution is 7.89. The second kappa shape index (κ2) is 10.1. The number of nitrogens with zero attached hydrogens (tertiary/aromatic N) is 2. The number of benzene rings is 2. The van der Waals surface area contributed by atoms with Crippen LogP contribution < -0.4 is 9.62 Å². The predicted octanol–water partition coefficient (Wildman–Crippen LogP) is 3.83. The third kappa shape index (κ3) is 5.99. The van der Waals surface area contributed by atoms with Gasteiger partial charge in [0.15, 0.2) is 0 Å². The van der Waals surface area contributed by atoms with Crippen LogP contribution in [-0.4, -0.2) is 53.4 Å². The van der Waals surface area contributed by atoms with Gasteiger partial charge in [-0.05, 0) is 55.3 Å². The van der Waals surface area contributed by atoms with Crippen LogP contribution in [0.5, 0.6) is 0 Å². The number of hydrogen-bond donors (Lipinski definition) is 1. The van der Waals surface area contributed by atoms with Gasteiger partial charge in [-0.1, -0.05) is 25.3 Å². The Morgan fingerprint density at radius 2 is 1.40 bits per heavy atom. The van der Waals surface area contributed by atoms with Crippen LogP contribution in [0.2, 0.25) is 0 Å². The second-order valence-corrected chi connectivity index (χ2v) is 12.5. The zero-order valence-corrected chi connectivity index (χ0v) is 20.7. The van der Waals surface area contributed by atoms with Crippen molar-refractivity contribution in [2.75, 3.05) is 31.1 Å². The first kappa shape index (κ1) is 25.9. The average Bonchev–Trinajstić information content (AvgIpc) is 2.84. The largest absolute Gasteiger partial charge is 0.416 e. The fourth-order valence-corrected chi connectivity index (χ4v) is 7.24. The minimum Gasteiger partial charge on any atom is -0.369 e. The van der Waals surface area contributed by atoms with Crippen LogP contribution in [0.15, 0.2) is 58.3 Å². The van der Waals surface area contributed by atoms with Crippen molar-refractivity contribution >= 4 is 25.7 Å². The van der Waals surface area contributed by atoms with Gasteiger partial charge in [-0.3, -0.25) is 0 Å². The molecule has 4 rings (SSSR count). The maximum atomic E-state index is 13.1. The van der Waals surface area contributed by atoms with Crippen molar-refractivity contribution < 1.29 is 30.0 Å². The molecule has 0 bridgehead atoms. The molecule has 0 unspecified atom stereocenters. The quantitative estimate of drug-likeness (QED) is 0.613. The number of rotatable bonds is 6. The first-order valence-electron chi connectivity index (χ1n) is 11.5. The van der Waals surface area contributed by atoms with Crippen molar-refractivity contribution in [2.24, 2.45) is 0 Å². The van der Waals surface area contributed by atoms with Gasteiger partial charge in [0.05, 0.1) is 15.4 Å². The Hall–Kier alpha value is -2.15. The van der Waals surface area contributed by atoms with Gasteiger partial charge in [-0.2, -0.15) is 17.5 Å². The minimum atomic E-state index is -4.45. The van der Waals surface area contributed by atoms with E-state index in [0.29, 0.717) is 5.69 Å². The molecule has 1 aliphatic carbocycles. The Morgan fingerprint density at radius 3 is 2.00 bits per heavy atom. The van der Waals surface area contributed by atoms with Crippen LogP contribution in [0.3, 0.4) is 0 Å². The molecule has 0 radical (unpaired) electrons. The molecular formula is C23H28F3N3O4S2. The van der Waals surface area contributed by atoms with Crippen LogP contribution in [0.25, 0.3) is 0 Å². The summed E-state index contributed by atoms with van der Waals surface area (Å²) in [6, 6.07) is 10.00. The maximum absolute atomic E-state index is 13.1. The second-order valence-electron chi connectivity index (χ2n) is 8.87. The van der Waals surface area contributed by atoms with Crippen LogP contribution in [0.4, 0.5) is 18.9 Å². The highest BCUT2D eigenvalue weighted by atomic mass is 32.2. The van der Waals surface area contributed by atoms with Crippen LogP contribution in [0.1, 0.15) is 37.7 Å². The molecule has 2 fully saturated rings. The summed E-state index contributed by atoms with van der Waals surface area (Å²) in [5.74, 6) is 0. The molecule has 7 nitrogen and oxygen atoms in total. The van der Waals surface area contributed by atoms with Gasteiger partial charge in [-0.25, -0.2) is 21.6 Å². The molecule has 2 aromatic rings. The molecule has 0 amide bonds. The normalized spacial score (nSPS) is 19.1. The van der Waals surface area contributed by atoms with Crippen molar-refractivity contribution in [1.82, 2.24) is 9.03 Å². The van der Waals surface area contributed by atoms with Gasteiger partial charge < -0.3 is 4.90 Å². The molecule has 0 spiro atoms. The van der Waals surface area contributed by atoms with E-state index in [1.54, 1.807) is 11.0 Å². The lowest BCUT2D eigenvalue weighted by atomic mass is 9.96. The molecule has 12 heteroatoms. The molecule has 1 saturated carbocycles. The van der Waals surface area contributed by atoms with E-state index in [9.17, 15) is 30.0 Å². The number of sulfonamides is 2. The Kier molecular flexibility index (Phi) is 7.46. The lowest BCUT2D eigenvalue weighted by Crippen LogP contribution is -2.48. The third-order valence-electron chi connectivity index (χ3n) is 6.48. The number of nitrogens with one attached hydrogen (secondary N) is 1. The number of hydrogen-bond acceptors (Lipinski definition) is 5. The molecule has 0 aromatic heterocycles. The van der Waals surface area contributed by atoms with Crippen LogP contribution >= 0.6 is 0 Å². The molecule has 2 aromatic carbocycles. The topological polar surface area (TPSA) is 86.8 Å². The highest BCUT2D eigenvalue weighted by Crippen LogP contribution is 2.32. The van der Waals surface area contributed by atoms with Crippen molar-refractivity contribution in [3.8, 4) is 0 Å². The summed E-state index contributed by atoms with van der Waals surface area (Å²) in [5.41, 5.74) is -0.366. The highest BCUT2D eigenvalue weighted by Gasteiger charge is 2.32. The van der Waals surface area contributed by atoms with E-state index in [1.165, 1.54) is 34.6 Å². The Labute approximate surface area is 204 Å². The lowest BCUT2D eigenvalue weighted by molar-refractivity contribution is -0.137. The number of alkyl halides is 3. The molecule has 0 atom stereocenters. The number of anilines is 1. The summed E-state index contributed by atoms with van der Waals surface area (Å²) in [4.78, 5) is 1.70. The summed E-state index contributed by atoms with van der Waals surface area (Å²) in [6.07, 6.45) is 0.179. The van der Waals surface area contributed by atoms with Crippen LogP contribution in [0, 0.1) is 0 Å². The molecule has 2 aliphatic rings. The van der Waals surface area contributed by atoms with E-state index in [-0.39, 0.29) is 42.0 Å². The fraction of sp³-hybridized carbons (Fsp3) is 0.478. The molecule has 35 heavy (non-hydrogen) atoms. The van der Waals surface area contributed by atoms with Gasteiger partial charge in [0.25, 0.3) is 0 Å². The zero-order chi connectivity index (χ0) is 25.3. The van der Waals surface area contributed by atoms with Crippen molar-refractivity contribution in [2.45, 2.75) is 54.1 Å². The van der Waals surface area contributed by atoms with Gasteiger partial charge in [0.1, 0.15) is 0 Å². The first-order chi connectivity index (χ1) is 16.5. The standard InChI is InChI=1S/C23H28F3N3O4S2/c24-23(25,26)18-5-4-8-20(17-18)28-13-15-29(16-14-28)35(32,33)22-11-9-21(10-12-22)34(30,31)27-19-6-2-1-3-7-19/h4-5,8-12,17,19,27H,1-3,6-7,13-16H2. The summed E-state index contributed by atoms with van der Waals surface area (Å²) in [5, 5.41) is 0. The number of piperazine rings is 1. The van der Waals surface area contributed by atoms with Gasteiger partial charge in [0.2, 0.25) is 20.0 Å². The average molecular weight is 532 g/mol. The molecule has 1 N–H and O–H groups in total. The molecule has 1 saturated heterocycles. The van der Waals surface area contributed by atoms with Crippen molar-refractivity contribution in [3.05, 3.63) is 54.1 Å². The Bertz CT molecular complexity index is 1240. The first-order valence-corrected chi connectivity index (χ1v) is 14.4. The number of halogens is 3. The monoisotopic (exact) mass is 531 g/mol. The van der Waals surface area contributed by atoms with E-state index in [0.717, 1.165) is 44.2 Å². The van der Waals surface area contributed by atoms with E-state index < -0.39 is 31.8 Å². The van der Waals surface area contributed by atoms with Gasteiger partial charge in [0, 0.05) is 37.9 Å². The van der Waals surface area contributed by atoms with Crippen molar-refractivity contribution in [3.63, 3.8) is 0 Å². The summed E-state index contributed by atoms with van der Waals surface area (Å²) in [7, 11) is -7.62. The lowest BCUT2D eigenvalue weighted by Gasteiger charge is -2.35. The van der Waals surface area contributed by atoms with E-state index in [4.69, 9.17) is 0 Å². The predicted molar refractivity (Wildman–Crippen MR) is 126 cm³/mol. The van der Waals surface area contributed by atoms with E-state index in [1.807, 2.05) is 0 Å². The fourth-order valence-electron chi connectivity index (χ4n) is 4.51. The third-order valence-corrected chi connectivity index (χ3v) is 9.93. The maximum Gasteiger partial charge on any atom is 0.416 e. The van der Waals surface area contributed by atoms with Crippen LogP contribution in [-0.2, 0) is 26.2 Å². The SMILES string of the molecule is O=S(=O)(NC1CCCCC1)c1ccc(S(=O)(=O)N2CCN(c3cccc(C(F)(F)F)c3)CC2)cc1. The summed E-state index contributed by atoms with van der Waals surface area (Å²) in [6.45, 7) is 0.667. The van der Waals surface area contributed by atoms with Gasteiger partial charge in [-0.15, -0.1) is 0 Å². The smallest absolute Gasteiger partial charge is 0.369 e. The minimum absolute atomic E-state index is 0.0105. The van der Waals surface area contributed by atoms with E-state index in [2.05, 4.69) is 4.72 Å². The summed E-state index contributed by atoms with van der Waals surface area (Å²) >= 11 is 0. The molecular weight excluding hydrogens is 503 g/mol. The zero-order valence-electron chi connectivity index (χ0n) is 19.0. The van der Waals surface area contributed by atoms with Gasteiger partial charge >= 0.3 is 6.18 Å². The molecule has 192 valence electrons. The molecule has 1 heterocycles. The summed E-state index contributed by atoms with van der Waals surface area (Å²) < 4.78 is 94.5. The van der Waals surface area contributed by atoms with E-state index >= 15 is 0 Å². The van der Waals surface area contributed by atoms with Crippen molar-refractivity contribution in [1.29, 1.82) is 0 Å². The Balaban J connectivity index is 1.41. The Morgan fingerprint density at radius 1 is 0.800 bits per heavy atom.